The predicted molar refractivity (Wildman–Crippen MR) is 81.1 cm³/mol. The normalized spacial score (nSPS) is 15.7. The van der Waals surface area contributed by atoms with Crippen molar-refractivity contribution < 1.29 is 0 Å². The van der Waals surface area contributed by atoms with Crippen LogP contribution in [0.15, 0.2) is 34.1 Å². The number of hydrogen-bond acceptors (Lipinski definition) is 2. The third-order valence-electron chi connectivity index (χ3n) is 3.65. The molecule has 0 radical (unpaired) electrons. The summed E-state index contributed by atoms with van der Waals surface area (Å²) in [7, 11) is 0. The van der Waals surface area contributed by atoms with Crippen LogP contribution in [0.3, 0.4) is 0 Å². The second-order valence-corrected chi connectivity index (χ2v) is 6.74. The van der Waals surface area contributed by atoms with E-state index in [-0.39, 0.29) is 6.04 Å². The van der Waals surface area contributed by atoms with Crippen LogP contribution in [0.1, 0.15) is 34.0 Å². The summed E-state index contributed by atoms with van der Waals surface area (Å²) in [6.45, 7) is 0. The first-order chi connectivity index (χ1) is 8.74. The molecular weight excluding hydrogens is 306 g/mol. The Labute approximate surface area is 120 Å². The molecule has 0 spiro atoms. The highest BCUT2D eigenvalue weighted by Crippen LogP contribution is 2.29. The van der Waals surface area contributed by atoms with Gasteiger partial charge in [-0.05, 0) is 63.3 Å². The lowest BCUT2D eigenvalue weighted by atomic mass is 9.99. The first kappa shape index (κ1) is 12.4. The van der Waals surface area contributed by atoms with E-state index in [1.54, 1.807) is 11.3 Å². The molecule has 1 heterocycles. The van der Waals surface area contributed by atoms with Crippen molar-refractivity contribution in [2.45, 2.75) is 31.7 Å². The summed E-state index contributed by atoms with van der Waals surface area (Å²) in [6, 6.07) is 8.98. The molecule has 1 nitrogen and oxygen atoms in total. The number of rotatable bonds is 3. The van der Waals surface area contributed by atoms with Gasteiger partial charge in [-0.15, -0.1) is 11.3 Å². The van der Waals surface area contributed by atoms with Gasteiger partial charge >= 0.3 is 0 Å². The molecule has 18 heavy (non-hydrogen) atoms. The maximum absolute atomic E-state index is 6.34. The molecule has 0 fully saturated rings. The van der Waals surface area contributed by atoms with E-state index in [0.717, 1.165) is 6.42 Å². The van der Waals surface area contributed by atoms with E-state index in [4.69, 9.17) is 5.73 Å². The number of halogens is 1. The summed E-state index contributed by atoms with van der Waals surface area (Å²) in [5.41, 5.74) is 10.6. The van der Waals surface area contributed by atoms with E-state index in [1.165, 1.54) is 45.3 Å². The van der Waals surface area contributed by atoms with E-state index < -0.39 is 0 Å². The zero-order valence-corrected chi connectivity index (χ0v) is 12.6. The van der Waals surface area contributed by atoms with Gasteiger partial charge in [0.05, 0.1) is 0 Å². The minimum Gasteiger partial charge on any atom is -0.324 e. The van der Waals surface area contributed by atoms with Crippen LogP contribution in [0.5, 0.6) is 0 Å². The van der Waals surface area contributed by atoms with Gasteiger partial charge in [-0.3, -0.25) is 0 Å². The Morgan fingerprint density at radius 1 is 1.22 bits per heavy atom. The van der Waals surface area contributed by atoms with Crippen molar-refractivity contribution in [3.05, 3.63) is 55.7 Å². The molecule has 0 aliphatic heterocycles. The zero-order chi connectivity index (χ0) is 12.5. The first-order valence-electron chi connectivity index (χ1n) is 6.33. The van der Waals surface area contributed by atoms with Crippen LogP contribution in [0.4, 0.5) is 0 Å². The third-order valence-corrected chi connectivity index (χ3v) is 5.60. The van der Waals surface area contributed by atoms with Crippen molar-refractivity contribution in [1.82, 2.24) is 0 Å². The van der Waals surface area contributed by atoms with Crippen LogP contribution < -0.4 is 5.73 Å². The quantitative estimate of drug-likeness (QED) is 0.898. The smallest absolute Gasteiger partial charge is 0.0344 e. The van der Waals surface area contributed by atoms with Crippen LogP contribution >= 0.6 is 27.3 Å². The SMILES string of the molecule is NC(Cc1sccc1Br)c1ccc2c(c1)CCC2. The highest BCUT2D eigenvalue weighted by Gasteiger charge is 2.15. The summed E-state index contributed by atoms with van der Waals surface area (Å²) in [4.78, 5) is 1.34. The van der Waals surface area contributed by atoms with E-state index in [1.807, 2.05) is 0 Å². The molecule has 1 aliphatic rings. The summed E-state index contributed by atoms with van der Waals surface area (Å²) in [5.74, 6) is 0. The Morgan fingerprint density at radius 3 is 2.83 bits per heavy atom. The summed E-state index contributed by atoms with van der Waals surface area (Å²) < 4.78 is 1.18. The topological polar surface area (TPSA) is 26.0 Å². The Hall–Kier alpha value is -0.640. The Morgan fingerprint density at radius 2 is 2.06 bits per heavy atom. The fraction of sp³-hybridized carbons (Fsp3) is 0.333. The van der Waals surface area contributed by atoms with Crippen molar-refractivity contribution in [2.24, 2.45) is 5.73 Å². The van der Waals surface area contributed by atoms with Crippen molar-refractivity contribution in [3.63, 3.8) is 0 Å². The Kier molecular flexibility index (Phi) is 3.55. The minimum atomic E-state index is 0.103. The molecule has 1 aliphatic carbocycles. The fourth-order valence-electron chi connectivity index (χ4n) is 2.61. The molecule has 1 unspecified atom stereocenters. The zero-order valence-electron chi connectivity index (χ0n) is 10.2. The molecule has 3 heteroatoms. The van der Waals surface area contributed by atoms with E-state index >= 15 is 0 Å². The van der Waals surface area contributed by atoms with E-state index in [0.29, 0.717) is 0 Å². The molecule has 0 saturated heterocycles. The number of fused-ring (bicyclic) bond motifs is 1. The summed E-state index contributed by atoms with van der Waals surface area (Å²) in [5, 5.41) is 2.11. The highest BCUT2D eigenvalue weighted by atomic mass is 79.9. The molecule has 0 bridgehead atoms. The van der Waals surface area contributed by atoms with Gasteiger partial charge < -0.3 is 5.73 Å². The molecule has 2 N–H and O–H groups in total. The van der Waals surface area contributed by atoms with Gasteiger partial charge in [-0.25, -0.2) is 0 Å². The predicted octanol–water partition coefficient (Wildman–Crippen LogP) is 4.24. The molecule has 94 valence electrons. The van der Waals surface area contributed by atoms with Gasteiger partial charge in [0.1, 0.15) is 0 Å². The van der Waals surface area contributed by atoms with Crippen LogP contribution in [0.25, 0.3) is 0 Å². The number of aryl methyl sites for hydroxylation is 2. The second kappa shape index (κ2) is 5.16. The molecule has 3 rings (SSSR count). The Balaban J connectivity index is 1.80. The monoisotopic (exact) mass is 321 g/mol. The third kappa shape index (κ3) is 2.40. The minimum absolute atomic E-state index is 0.103. The first-order valence-corrected chi connectivity index (χ1v) is 8.00. The fourth-order valence-corrected chi connectivity index (χ4v) is 4.18. The second-order valence-electron chi connectivity index (χ2n) is 4.88. The number of hydrogen-bond donors (Lipinski definition) is 1. The molecule has 2 aromatic rings. The molecule has 1 atom stereocenters. The van der Waals surface area contributed by atoms with Crippen molar-refractivity contribution >= 4 is 27.3 Å². The average molecular weight is 322 g/mol. The average Bonchev–Trinajstić information content (AvgIpc) is 2.98. The van der Waals surface area contributed by atoms with Gasteiger partial charge in [-0.2, -0.15) is 0 Å². The summed E-state index contributed by atoms with van der Waals surface area (Å²) >= 11 is 5.34. The molecular formula is C15H16BrNS. The number of benzene rings is 1. The lowest BCUT2D eigenvalue weighted by Gasteiger charge is -2.13. The van der Waals surface area contributed by atoms with E-state index in [2.05, 4.69) is 45.6 Å². The van der Waals surface area contributed by atoms with Crippen molar-refractivity contribution in [1.29, 1.82) is 0 Å². The largest absolute Gasteiger partial charge is 0.324 e. The highest BCUT2D eigenvalue weighted by molar-refractivity contribution is 9.10. The van der Waals surface area contributed by atoms with Gasteiger partial charge in [0.2, 0.25) is 0 Å². The van der Waals surface area contributed by atoms with Crippen molar-refractivity contribution in [2.75, 3.05) is 0 Å². The number of nitrogens with two attached hydrogens (primary N) is 1. The number of thiophene rings is 1. The molecule has 1 aromatic carbocycles. The lowest BCUT2D eigenvalue weighted by Crippen LogP contribution is -2.13. The van der Waals surface area contributed by atoms with Crippen molar-refractivity contribution in [3.8, 4) is 0 Å². The van der Waals surface area contributed by atoms with Gasteiger partial charge in [0, 0.05) is 21.8 Å². The Bertz CT molecular complexity index is 561. The van der Waals surface area contributed by atoms with Crippen LogP contribution in [0, 0.1) is 0 Å². The van der Waals surface area contributed by atoms with E-state index in [9.17, 15) is 0 Å². The molecule has 1 aromatic heterocycles. The van der Waals surface area contributed by atoms with Crippen LogP contribution in [-0.2, 0) is 19.3 Å². The standard InChI is InChI=1S/C15H16BrNS/c16-13-6-7-18-15(13)9-14(17)12-5-4-10-2-1-3-11(10)8-12/h4-8,14H,1-3,9,17H2. The molecule has 0 saturated carbocycles. The summed E-state index contributed by atoms with van der Waals surface area (Å²) in [6.07, 6.45) is 4.67. The maximum atomic E-state index is 6.34. The lowest BCUT2D eigenvalue weighted by molar-refractivity contribution is 0.727. The van der Waals surface area contributed by atoms with Gasteiger partial charge in [0.15, 0.2) is 0 Å². The molecule has 0 amide bonds. The maximum Gasteiger partial charge on any atom is 0.0344 e. The van der Waals surface area contributed by atoms with Crippen LogP contribution in [0.2, 0.25) is 0 Å². The van der Waals surface area contributed by atoms with Crippen LogP contribution in [-0.4, -0.2) is 0 Å². The van der Waals surface area contributed by atoms with Gasteiger partial charge in [0.25, 0.3) is 0 Å². The van der Waals surface area contributed by atoms with Gasteiger partial charge in [-0.1, -0.05) is 18.2 Å².